The van der Waals surface area contributed by atoms with Crippen LogP contribution in [0.5, 0.6) is 5.75 Å². The lowest BCUT2D eigenvalue weighted by Gasteiger charge is -2.56. The van der Waals surface area contributed by atoms with Gasteiger partial charge in [-0.2, -0.15) is 5.10 Å². The standard InChI is InChI=1S/C24H22Cl2N6O/c1-14(22-18(25)8-27-9-19(22)26)33-16-3-4-20-17(6-16)23(31-30-20)15-2-5-21(29-7-15)32-12-24(13-32)10-28-11-24/h2-9,14,28H,10-13H2,1H3,(H,30,31)/i1D3. The van der Waals surface area contributed by atoms with Gasteiger partial charge in [0.25, 0.3) is 0 Å². The minimum Gasteiger partial charge on any atom is -0.486 e. The molecule has 168 valence electrons. The molecule has 0 saturated carbocycles. The largest absolute Gasteiger partial charge is 0.486 e. The number of nitrogens with zero attached hydrogens (tertiary/aromatic N) is 4. The fraction of sp³-hybridized carbons (Fsp3) is 0.292. The zero-order valence-corrected chi connectivity index (χ0v) is 19.0. The minimum atomic E-state index is -2.52. The zero-order valence-electron chi connectivity index (χ0n) is 20.5. The SMILES string of the molecule is [2H]C([2H])([2H])C(Oc1ccc2[nH]nc(-c3ccc(N4CC5(CNC5)C4)nc3)c2c1)c1c(Cl)cncc1Cl. The number of hydrogen-bond acceptors (Lipinski definition) is 6. The number of aromatic amines is 1. The Morgan fingerprint density at radius 3 is 2.61 bits per heavy atom. The molecule has 2 fully saturated rings. The van der Waals surface area contributed by atoms with Crippen LogP contribution in [0.2, 0.25) is 10.0 Å². The Bertz CT molecular complexity index is 1410. The number of benzene rings is 1. The number of ether oxygens (including phenoxy) is 1. The molecule has 1 atom stereocenters. The van der Waals surface area contributed by atoms with Gasteiger partial charge < -0.3 is 15.0 Å². The Labute approximate surface area is 205 Å². The van der Waals surface area contributed by atoms with Crippen LogP contribution in [0.4, 0.5) is 5.82 Å². The van der Waals surface area contributed by atoms with Crippen LogP contribution in [0.15, 0.2) is 48.9 Å². The summed E-state index contributed by atoms with van der Waals surface area (Å²) in [6.07, 6.45) is 3.13. The summed E-state index contributed by atoms with van der Waals surface area (Å²) in [4.78, 5) is 10.8. The van der Waals surface area contributed by atoms with Crippen molar-refractivity contribution < 1.29 is 8.85 Å². The van der Waals surface area contributed by atoms with E-state index in [1.54, 1.807) is 18.2 Å². The van der Waals surface area contributed by atoms with E-state index in [2.05, 4.69) is 30.4 Å². The third-order valence-corrected chi connectivity index (χ3v) is 6.94. The van der Waals surface area contributed by atoms with Crippen molar-refractivity contribution in [3.8, 4) is 17.0 Å². The van der Waals surface area contributed by atoms with Crippen LogP contribution in [0.25, 0.3) is 22.2 Å². The molecule has 33 heavy (non-hydrogen) atoms. The van der Waals surface area contributed by atoms with Gasteiger partial charge in [0.15, 0.2) is 0 Å². The van der Waals surface area contributed by atoms with Gasteiger partial charge in [-0.25, -0.2) is 4.98 Å². The lowest BCUT2D eigenvalue weighted by atomic mass is 9.74. The van der Waals surface area contributed by atoms with Crippen molar-refractivity contribution in [2.75, 3.05) is 31.1 Å². The molecular weight excluding hydrogens is 459 g/mol. The average molecular weight is 484 g/mol. The molecular formula is C24H22Cl2N6O. The van der Waals surface area contributed by atoms with Gasteiger partial charge in [0, 0.05) is 70.8 Å². The highest BCUT2D eigenvalue weighted by Gasteiger charge is 2.47. The maximum absolute atomic E-state index is 8.03. The molecule has 0 radical (unpaired) electrons. The normalized spacial score (nSPS) is 19.3. The van der Waals surface area contributed by atoms with E-state index in [1.807, 2.05) is 18.3 Å². The summed E-state index contributed by atoms with van der Waals surface area (Å²) in [5.74, 6) is 1.30. The number of aromatic nitrogens is 4. The first-order valence-corrected chi connectivity index (χ1v) is 11.3. The van der Waals surface area contributed by atoms with Gasteiger partial charge in [-0.05, 0) is 37.2 Å². The molecule has 1 unspecified atom stereocenters. The van der Waals surface area contributed by atoms with E-state index < -0.39 is 13.0 Å². The van der Waals surface area contributed by atoms with Crippen LogP contribution in [-0.2, 0) is 0 Å². The van der Waals surface area contributed by atoms with Crippen molar-refractivity contribution in [2.45, 2.75) is 13.0 Å². The molecule has 3 aromatic heterocycles. The number of halogens is 2. The molecule has 2 saturated heterocycles. The molecule has 5 heterocycles. The molecule has 2 aliphatic heterocycles. The fourth-order valence-corrected chi connectivity index (χ4v) is 5.06. The van der Waals surface area contributed by atoms with Gasteiger partial charge in [0.1, 0.15) is 23.4 Å². The highest BCUT2D eigenvalue weighted by Crippen LogP contribution is 2.38. The molecule has 1 aromatic carbocycles. The second-order valence-electron chi connectivity index (χ2n) is 8.66. The van der Waals surface area contributed by atoms with Gasteiger partial charge in [0.05, 0.1) is 15.6 Å². The van der Waals surface area contributed by atoms with Crippen LogP contribution in [0.3, 0.4) is 0 Å². The quantitative estimate of drug-likeness (QED) is 0.421. The Balaban J connectivity index is 1.28. The van der Waals surface area contributed by atoms with E-state index in [0.717, 1.165) is 48.5 Å². The predicted molar refractivity (Wildman–Crippen MR) is 130 cm³/mol. The third kappa shape index (κ3) is 3.60. The molecule has 0 aliphatic carbocycles. The van der Waals surface area contributed by atoms with Gasteiger partial charge in [-0.3, -0.25) is 10.1 Å². The first-order chi connectivity index (χ1) is 17.2. The van der Waals surface area contributed by atoms with Crippen molar-refractivity contribution in [1.29, 1.82) is 0 Å². The topological polar surface area (TPSA) is 79.0 Å². The molecule has 2 aliphatic rings. The minimum absolute atomic E-state index is 0.126. The molecule has 4 aromatic rings. The van der Waals surface area contributed by atoms with Crippen molar-refractivity contribution in [1.82, 2.24) is 25.5 Å². The van der Waals surface area contributed by atoms with Crippen molar-refractivity contribution in [3.05, 3.63) is 64.5 Å². The zero-order chi connectivity index (χ0) is 25.1. The van der Waals surface area contributed by atoms with Gasteiger partial charge >= 0.3 is 0 Å². The van der Waals surface area contributed by atoms with Crippen molar-refractivity contribution in [3.63, 3.8) is 0 Å². The molecule has 2 N–H and O–H groups in total. The van der Waals surface area contributed by atoms with E-state index in [9.17, 15) is 0 Å². The summed E-state index contributed by atoms with van der Waals surface area (Å²) in [6, 6.07) is 9.24. The number of fused-ring (bicyclic) bond motifs is 1. The number of anilines is 1. The first kappa shape index (κ1) is 17.6. The lowest BCUT2D eigenvalue weighted by Crippen LogP contribution is -2.71. The summed E-state index contributed by atoms with van der Waals surface area (Å²) in [5, 5.41) is 11.9. The first-order valence-electron chi connectivity index (χ1n) is 12.1. The summed E-state index contributed by atoms with van der Waals surface area (Å²) < 4.78 is 30.1. The van der Waals surface area contributed by atoms with Crippen molar-refractivity contribution in [2.24, 2.45) is 5.41 Å². The van der Waals surface area contributed by atoms with Gasteiger partial charge in [0.2, 0.25) is 0 Å². The molecule has 0 bridgehead atoms. The monoisotopic (exact) mass is 483 g/mol. The molecule has 1 spiro atoms. The maximum atomic E-state index is 8.03. The van der Waals surface area contributed by atoms with Gasteiger partial charge in [-0.15, -0.1) is 0 Å². The smallest absolute Gasteiger partial charge is 0.128 e. The van der Waals surface area contributed by atoms with E-state index in [0.29, 0.717) is 16.9 Å². The molecule has 9 heteroatoms. The highest BCUT2D eigenvalue weighted by molar-refractivity contribution is 6.35. The summed E-state index contributed by atoms with van der Waals surface area (Å²) in [6.45, 7) is 1.68. The van der Waals surface area contributed by atoms with Crippen LogP contribution in [0.1, 0.15) is 22.6 Å². The van der Waals surface area contributed by atoms with E-state index in [1.165, 1.54) is 12.4 Å². The summed E-state index contributed by atoms with van der Waals surface area (Å²) in [7, 11) is 0. The fourth-order valence-electron chi connectivity index (χ4n) is 4.49. The van der Waals surface area contributed by atoms with Crippen LogP contribution in [0, 0.1) is 5.41 Å². The highest BCUT2D eigenvalue weighted by atomic mass is 35.5. The third-order valence-electron chi connectivity index (χ3n) is 6.34. The summed E-state index contributed by atoms with van der Waals surface area (Å²) >= 11 is 12.5. The van der Waals surface area contributed by atoms with Crippen LogP contribution < -0.4 is 15.0 Å². The number of rotatable bonds is 5. The second-order valence-corrected chi connectivity index (χ2v) is 9.47. The molecule has 6 rings (SSSR count). The number of hydrogen-bond donors (Lipinski definition) is 2. The van der Waals surface area contributed by atoms with E-state index in [4.69, 9.17) is 32.1 Å². The molecule has 0 amide bonds. The number of H-pyrrole nitrogens is 1. The lowest BCUT2D eigenvalue weighted by molar-refractivity contribution is 0.120. The number of pyridine rings is 2. The van der Waals surface area contributed by atoms with E-state index in [-0.39, 0.29) is 15.6 Å². The Hall–Kier alpha value is -2.87. The van der Waals surface area contributed by atoms with E-state index >= 15 is 0 Å². The summed E-state index contributed by atoms with van der Waals surface area (Å²) in [5.41, 5.74) is 2.92. The maximum Gasteiger partial charge on any atom is 0.128 e. The predicted octanol–water partition coefficient (Wildman–Crippen LogP) is 4.88. The Morgan fingerprint density at radius 2 is 1.94 bits per heavy atom. The molecule has 7 nitrogen and oxygen atoms in total. The van der Waals surface area contributed by atoms with Crippen LogP contribution >= 0.6 is 23.2 Å². The van der Waals surface area contributed by atoms with Gasteiger partial charge in [-0.1, -0.05) is 23.2 Å². The number of nitrogens with one attached hydrogen (secondary N) is 2. The van der Waals surface area contributed by atoms with Crippen LogP contribution in [-0.4, -0.2) is 46.3 Å². The van der Waals surface area contributed by atoms with Crippen molar-refractivity contribution >= 4 is 39.9 Å². The Morgan fingerprint density at radius 1 is 1.12 bits per heavy atom. The Kier molecular flexibility index (Phi) is 4.19. The average Bonchev–Trinajstić information content (AvgIpc) is 3.19. The second kappa shape index (κ2) is 7.87.